The number of hydrogen-bond acceptors (Lipinski definition) is 2. The summed E-state index contributed by atoms with van der Waals surface area (Å²) in [6, 6.07) is 0.252. The molecule has 17 heavy (non-hydrogen) atoms. The maximum absolute atomic E-state index is 14.3. The van der Waals surface area contributed by atoms with Gasteiger partial charge in [-0.3, -0.25) is 4.90 Å². The first-order valence-electron chi connectivity index (χ1n) is 6.53. The average molecular weight is 244 g/mol. The third kappa shape index (κ3) is 3.00. The summed E-state index contributed by atoms with van der Waals surface area (Å²) >= 11 is 0. The summed E-state index contributed by atoms with van der Waals surface area (Å²) in [5.41, 5.74) is 0.107. The van der Waals surface area contributed by atoms with Crippen molar-refractivity contribution in [2.24, 2.45) is 5.41 Å². The minimum absolute atomic E-state index is 0.00535. The van der Waals surface area contributed by atoms with Gasteiger partial charge in [-0.15, -0.1) is 0 Å². The van der Waals surface area contributed by atoms with Crippen LogP contribution in [0.4, 0.5) is 4.39 Å². The summed E-state index contributed by atoms with van der Waals surface area (Å²) < 4.78 is 14.3. The number of alkyl halides is 1. The van der Waals surface area contributed by atoms with E-state index in [0.29, 0.717) is 6.54 Å². The number of likely N-dealkylation sites (tertiary alicyclic amines) is 1. The van der Waals surface area contributed by atoms with Crippen molar-refractivity contribution in [3.8, 4) is 0 Å². The molecule has 1 saturated heterocycles. The molecule has 0 aromatic rings. The minimum atomic E-state index is -0.756. The summed E-state index contributed by atoms with van der Waals surface area (Å²) in [6.07, 6.45) is -0.756. The highest BCUT2D eigenvalue weighted by molar-refractivity contribution is 5.06. The fourth-order valence-electron chi connectivity index (χ4n) is 3.07. The lowest BCUT2D eigenvalue weighted by atomic mass is 9.80. The lowest BCUT2D eigenvalue weighted by molar-refractivity contribution is 0.0287. The molecule has 0 aliphatic carbocycles. The SMILES string of the molecule is CN(C)[C@H]1[C@@H](C(C)(C)C)N(C(C)(C)C)C[C@@H]1F. The Bertz CT molecular complexity index is 262. The molecule has 1 rings (SSSR count). The van der Waals surface area contributed by atoms with Gasteiger partial charge in [0.25, 0.3) is 0 Å². The van der Waals surface area contributed by atoms with Crippen molar-refractivity contribution in [2.45, 2.75) is 65.3 Å². The number of likely N-dealkylation sites (N-methyl/N-ethyl adjacent to an activating group) is 1. The van der Waals surface area contributed by atoms with Gasteiger partial charge in [-0.05, 0) is 40.3 Å². The maximum atomic E-state index is 14.3. The Balaban J connectivity index is 3.11. The lowest BCUT2D eigenvalue weighted by Crippen LogP contribution is -2.55. The van der Waals surface area contributed by atoms with Crippen LogP contribution in [-0.2, 0) is 0 Å². The Morgan fingerprint density at radius 1 is 1.06 bits per heavy atom. The van der Waals surface area contributed by atoms with E-state index in [9.17, 15) is 4.39 Å². The summed E-state index contributed by atoms with van der Waals surface area (Å²) in [5, 5.41) is 0. The fourth-order valence-corrected chi connectivity index (χ4v) is 3.07. The molecule has 2 nitrogen and oxygen atoms in total. The summed E-state index contributed by atoms with van der Waals surface area (Å²) in [7, 11) is 3.98. The second-order valence-corrected chi connectivity index (χ2v) is 7.60. The highest BCUT2D eigenvalue weighted by atomic mass is 19.1. The summed E-state index contributed by atoms with van der Waals surface area (Å²) in [4.78, 5) is 4.38. The molecular weight excluding hydrogens is 215 g/mol. The van der Waals surface area contributed by atoms with E-state index in [1.165, 1.54) is 0 Å². The Labute approximate surface area is 106 Å². The second kappa shape index (κ2) is 4.51. The zero-order valence-corrected chi connectivity index (χ0v) is 12.7. The molecule has 102 valence electrons. The monoisotopic (exact) mass is 244 g/mol. The Hall–Kier alpha value is -0.150. The van der Waals surface area contributed by atoms with Crippen molar-refractivity contribution in [2.75, 3.05) is 20.6 Å². The average Bonchev–Trinajstić information content (AvgIpc) is 2.40. The van der Waals surface area contributed by atoms with Crippen LogP contribution in [0.3, 0.4) is 0 Å². The van der Waals surface area contributed by atoms with Gasteiger partial charge in [0.05, 0.1) is 6.04 Å². The van der Waals surface area contributed by atoms with Crippen LogP contribution in [0.1, 0.15) is 41.5 Å². The van der Waals surface area contributed by atoms with Crippen LogP contribution in [0.2, 0.25) is 0 Å². The standard InChI is InChI=1S/C14H29FN2/c1-13(2,3)12-11(16(7)8)10(15)9-17(12)14(4,5)6/h10-12H,9H2,1-8H3/t10-,11+,12-/m0/s1. The highest BCUT2D eigenvalue weighted by Gasteiger charge is 2.51. The molecule has 1 fully saturated rings. The molecule has 0 aromatic carbocycles. The molecule has 1 heterocycles. The van der Waals surface area contributed by atoms with Gasteiger partial charge in [0.2, 0.25) is 0 Å². The largest absolute Gasteiger partial charge is 0.302 e. The lowest BCUT2D eigenvalue weighted by Gasteiger charge is -2.45. The van der Waals surface area contributed by atoms with Crippen LogP contribution >= 0.6 is 0 Å². The third-order valence-electron chi connectivity index (χ3n) is 3.75. The van der Waals surface area contributed by atoms with Crippen molar-refractivity contribution in [1.29, 1.82) is 0 Å². The van der Waals surface area contributed by atoms with Gasteiger partial charge in [-0.1, -0.05) is 20.8 Å². The predicted molar refractivity (Wildman–Crippen MR) is 72.1 cm³/mol. The minimum Gasteiger partial charge on any atom is -0.302 e. The third-order valence-corrected chi connectivity index (χ3v) is 3.75. The Morgan fingerprint density at radius 3 is 1.82 bits per heavy atom. The van der Waals surface area contributed by atoms with Gasteiger partial charge in [-0.25, -0.2) is 4.39 Å². The maximum Gasteiger partial charge on any atom is 0.130 e. The molecule has 1 aliphatic heterocycles. The van der Waals surface area contributed by atoms with Crippen molar-refractivity contribution in [1.82, 2.24) is 9.80 Å². The number of hydrogen-bond donors (Lipinski definition) is 0. The number of halogens is 1. The first-order valence-corrected chi connectivity index (χ1v) is 6.53. The second-order valence-electron chi connectivity index (χ2n) is 7.60. The predicted octanol–water partition coefficient (Wildman–Crippen LogP) is 2.78. The van der Waals surface area contributed by atoms with Gasteiger partial charge >= 0.3 is 0 Å². The number of nitrogens with zero attached hydrogens (tertiary/aromatic N) is 2. The van der Waals surface area contributed by atoms with Crippen LogP contribution in [0.5, 0.6) is 0 Å². The molecule has 0 spiro atoms. The molecule has 0 radical (unpaired) electrons. The zero-order chi connectivity index (χ0) is 13.6. The topological polar surface area (TPSA) is 6.48 Å². The molecule has 0 aromatic heterocycles. The van der Waals surface area contributed by atoms with E-state index in [4.69, 9.17) is 0 Å². The molecule has 3 heteroatoms. The van der Waals surface area contributed by atoms with Crippen molar-refractivity contribution < 1.29 is 4.39 Å². The molecular formula is C14H29FN2. The van der Waals surface area contributed by atoms with E-state index >= 15 is 0 Å². The first kappa shape index (κ1) is 14.9. The van der Waals surface area contributed by atoms with Crippen LogP contribution < -0.4 is 0 Å². The van der Waals surface area contributed by atoms with Crippen LogP contribution in [0, 0.1) is 5.41 Å². The normalized spacial score (nSPS) is 32.5. The summed E-state index contributed by atoms with van der Waals surface area (Å²) in [5.74, 6) is 0. The van der Waals surface area contributed by atoms with Crippen LogP contribution in [-0.4, -0.2) is 54.2 Å². The van der Waals surface area contributed by atoms with Gasteiger partial charge in [-0.2, -0.15) is 0 Å². The van der Waals surface area contributed by atoms with Gasteiger partial charge < -0.3 is 4.90 Å². The van der Waals surface area contributed by atoms with E-state index in [1.807, 2.05) is 19.0 Å². The van der Waals surface area contributed by atoms with Gasteiger partial charge in [0, 0.05) is 18.1 Å². The Kier molecular flexibility index (Phi) is 3.95. The van der Waals surface area contributed by atoms with Crippen LogP contribution in [0.15, 0.2) is 0 Å². The van der Waals surface area contributed by atoms with E-state index < -0.39 is 6.17 Å². The highest BCUT2D eigenvalue weighted by Crippen LogP contribution is 2.39. The quantitative estimate of drug-likeness (QED) is 0.700. The molecule has 0 amide bonds. The molecule has 0 N–H and O–H groups in total. The van der Waals surface area contributed by atoms with E-state index in [-0.39, 0.29) is 23.0 Å². The molecule has 3 atom stereocenters. The first-order chi connectivity index (χ1) is 7.46. The van der Waals surface area contributed by atoms with E-state index in [2.05, 4.69) is 46.4 Å². The van der Waals surface area contributed by atoms with Crippen molar-refractivity contribution in [3.05, 3.63) is 0 Å². The zero-order valence-electron chi connectivity index (χ0n) is 12.7. The number of rotatable bonds is 1. The van der Waals surface area contributed by atoms with E-state index in [0.717, 1.165) is 0 Å². The Morgan fingerprint density at radius 2 is 1.53 bits per heavy atom. The van der Waals surface area contributed by atoms with Gasteiger partial charge in [0.15, 0.2) is 0 Å². The fraction of sp³-hybridized carbons (Fsp3) is 1.00. The molecule has 1 aliphatic rings. The smallest absolute Gasteiger partial charge is 0.130 e. The van der Waals surface area contributed by atoms with Crippen LogP contribution in [0.25, 0.3) is 0 Å². The van der Waals surface area contributed by atoms with Crippen molar-refractivity contribution in [3.63, 3.8) is 0 Å². The van der Waals surface area contributed by atoms with Gasteiger partial charge in [0.1, 0.15) is 6.17 Å². The molecule has 0 bridgehead atoms. The molecule has 0 saturated carbocycles. The van der Waals surface area contributed by atoms with E-state index in [1.54, 1.807) is 0 Å². The summed E-state index contributed by atoms with van der Waals surface area (Å²) in [6.45, 7) is 13.7. The van der Waals surface area contributed by atoms with Crippen molar-refractivity contribution >= 4 is 0 Å². The molecule has 0 unspecified atom stereocenters.